The number of thiophene rings is 1. The molecule has 11 rings (SSSR count). The largest absolute Gasteiger partial charge is 0.309 e. The van der Waals surface area contributed by atoms with Gasteiger partial charge in [-0.15, -0.1) is 11.3 Å². The van der Waals surface area contributed by atoms with Crippen LogP contribution in [0.3, 0.4) is 0 Å². The smallest absolute Gasteiger partial charge is 0.0548 e. The van der Waals surface area contributed by atoms with Crippen LogP contribution in [0.25, 0.3) is 102 Å². The van der Waals surface area contributed by atoms with E-state index in [9.17, 15) is 0 Å². The summed E-state index contributed by atoms with van der Waals surface area (Å²) in [6, 6.07) is 51.9. The van der Waals surface area contributed by atoms with E-state index in [1.165, 1.54) is 102 Å². The molecule has 0 saturated carbocycles. The highest BCUT2D eigenvalue weighted by Gasteiger charge is 2.25. The van der Waals surface area contributed by atoms with Crippen LogP contribution in [0.1, 0.15) is 0 Å². The van der Waals surface area contributed by atoms with Crippen LogP contribution < -0.4 is 0 Å². The lowest BCUT2D eigenvalue weighted by Gasteiger charge is -2.14. The van der Waals surface area contributed by atoms with Crippen molar-refractivity contribution in [3.05, 3.63) is 140 Å². The van der Waals surface area contributed by atoms with Gasteiger partial charge >= 0.3 is 0 Å². The van der Waals surface area contributed by atoms with Crippen LogP contribution in [0.4, 0.5) is 0 Å². The van der Waals surface area contributed by atoms with Gasteiger partial charge in [0.15, 0.2) is 0 Å². The van der Waals surface area contributed by atoms with E-state index in [0.29, 0.717) is 0 Å². The normalized spacial score (nSPS) is 12.5. The summed E-state index contributed by atoms with van der Waals surface area (Å²) in [4.78, 5) is 0. The minimum atomic E-state index is 1.23. The molecule has 2 heteroatoms. The molecule has 1 aliphatic carbocycles. The van der Waals surface area contributed by atoms with Gasteiger partial charge in [-0.25, -0.2) is 0 Å². The number of aromatic nitrogens is 1. The van der Waals surface area contributed by atoms with Gasteiger partial charge in [0.2, 0.25) is 0 Å². The Morgan fingerprint density at radius 2 is 1.00 bits per heavy atom. The van der Waals surface area contributed by atoms with E-state index in [1.54, 1.807) is 0 Å². The standard InChI is InChI=1S/C42H23NS/c1-2-11-25-24(10-1)27-16-9-17-31-35(22-20-28(25)38(27)31)43-34-18-7-5-14-32(34)39-36(43)23-21-29-26-12-3-4-13-30(26)42-41(40(29)39)33-15-6-8-19-37(33)44-42/h1-23H. The van der Waals surface area contributed by atoms with Crippen LogP contribution in [0, 0.1) is 0 Å². The number of fused-ring (bicyclic) bond motifs is 15. The van der Waals surface area contributed by atoms with E-state index in [1.807, 2.05) is 11.3 Å². The molecule has 0 atom stereocenters. The SMILES string of the molecule is c1ccc2c(c1)-c1cccc3c(-n4c5ccccc5c5c6c(ccc54)c4ccccc4c4sc5ccccc5c46)ccc-2c13. The molecule has 0 amide bonds. The first-order valence-corrected chi connectivity index (χ1v) is 16.0. The number of rotatable bonds is 1. The van der Waals surface area contributed by atoms with Crippen LogP contribution in [0.15, 0.2) is 140 Å². The van der Waals surface area contributed by atoms with Gasteiger partial charge in [0.05, 0.1) is 16.7 Å². The van der Waals surface area contributed by atoms with Gasteiger partial charge < -0.3 is 4.57 Å². The van der Waals surface area contributed by atoms with E-state index >= 15 is 0 Å². The molecule has 0 aliphatic heterocycles. The number of hydrogen-bond acceptors (Lipinski definition) is 1. The Bertz CT molecular complexity index is 2850. The molecule has 0 spiro atoms. The monoisotopic (exact) mass is 573 g/mol. The van der Waals surface area contributed by atoms with Crippen LogP contribution in [0.2, 0.25) is 0 Å². The zero-order chi connectivity index (χ0) is 28.5. The molecule has 0 fully saturated rings. The van der Waals surface area contributed by atoms with Gasteiger partial charge in [-0.1, -0.05) is 115 Å². The third-order valence-corrected chi connectivity index (χ3v) is 11.1. The molecule has 1 aliphatic rings. The van der Waals surface area contributed by atoms with Gasteiger partial charge in [0.1, 0.15) is 0 Å². The average Bonchev–Trinajstić information content (AvgIpc) is 3.74. The first-order valence-electron chi connectivity index (χ1n) is 15.2. The average molecular weight is 574 g/mol. The zero-order valence-electron chi connectivity index (χ0n) is 23.6. The van der Waals surface area contributed by atoms with Crippen molar-refractivity contribution in [1.29, 1.82) is 0 Å². The van der Waals surface area contributed by atoms with Crippen LogP contribution in [0.5, 0.6) is 0 Å². The second-order valence-electron chi connectivity index (χ2n) is 12.0. The van der Waals surface area contributed by atoms with Crippen molar-refractivity contribution in [3.63, 3.8) is 0 Å². The summed E-state index contributed by atoms with van der Waals surface area (Å²) in [5.74, 6) is 0. The Morgan fingerprint density at radius 1 is 0.341 bits per heavy atom. The van der Waals surface area contributed by atoms with Crippen molar-refractivity contribution in [1.82, 2.24) is 4.57 Å². The van der Waals surface area contributed by atoms with E-state index in [2.05, 4.69) is 144 Å². The Kier molecular flexibility index (Phi) is 4.26. The molecule has 10 aromatic rings. The summed E-state index contributed by atoms with van der Waals surface area (Å²) in [6.07, 6.45) is 0. The van der Waals surface area contributed by atoms with Crippen LogP contribution in [-0.2, 0) is 0 Å². The van der Waals surface area contributed by atoms with Crippen molar-refractivity contribution in [2.75, 3.05) is 0 Å². The van der Waals surface area contributed by atoms with Crippen molar-refractivity contribution >= 4 is 85.6 Å². The predicted molar refractivity (Wildman–Crippen MR) is 191 cm³/mol. The summed E-state index contributed by atoms with van der Waals surface area (Å²) in [7, 11) is 0. The molecule has 0 unspecified atom stereocenters. The number of nitrogens with zero attached hydrogens (tertiary/aromatic N) is 1. The second-order valence-corrected chi connectivity index (χ2v) is 13.0. The maximum Gasteiger partial charge on any atom is 0.0548 e. The number of hydrogen-bond donors (Lipinski definition) is 0. The van der Waals surface area contributed by atoms with E-state index in [0.717, 1.165) is 0 Å². The number of para-hydroxylation sites is 1. The highest BCUT2D eigenvalue weighted by atomic mass is 32.1. The minimum absolute atomic E-state index is 1.23. The van der Waals surface area contributed by atoms with Gasteiger partial charge in [-0.2, -0.15) is 0 Å². The summed E-state index contributed by atoms with van der Waals surface area (Å²) in [6.45, 7) is 0. The van der Waals surface area contributed by atoms with Crippen molar-refractivity contribution in [2.24, 2.45) is 0 Å². The molecule has 44 heavy (non-hydrogen) atoms. The quantitative estimate of drug-likeness (QED) is 0.172. The van der Waals surface area contributed by atoms with Gasteiger partial charge in [0, 0.05) is 47.1 Å². The summed E-state index contributed by atoms with van der Waals surface area (Å²) in [5, 5.41) is 13.4. The fourth-order valence-electron chi connectivity index (χ4n) is 8.19. The molecule has 202 valence electrons. The second kappa shape index (κ2) is 8.13. The predicted octanol–water partition coefficient (Wildman–Crippen LogP) is 12.3. The number of benzene rings is 8. The Morgan fingerprint density at radius 3 is 1.86 bits per heavy atom. The van der Waals surface area contributed by atoms with Crippen LogP contribution in [-0.4, -0.2) is 4.57 Å². The molecule has 0 radical (unpaired) electrons. The van der Waals surface area contributed by atoms with Gasteiger partial charge in [0.25, 0.3) is 0 Å². The summed E-state index contributed by atoms with van der Waals surface area (Å²) in [5.41, 5.74) is 9.05. The third kappa shape index (κ3) is 2.71. The third-order valence-electron chi connectivity index (χ3n) is 9.91. The lowest BCUT2D eigenvalue weighted by Crippen LogP contribution is -1.96. The molecular formula is C42H23NS. The maximum atomic E-state index is 2.52. The summed E-state index contributed by atoms with van der Waals surface area (Å²) >= 11 is 1.92. The van der Waals surface area contributed by atoms with Crippen molar-refractivity contribution in [3.8, 4) is 27.9 Å². The van der Waals surface area contributed by atoms with Crippen LogP contribution >= 0.6 is 11.3 Å². The Balaban J connectivity index is 1.37. The summed E-state index contributed by atoms with van der Waals surface area (Å²) < 4.78 is 5.24. The molecule has 0 bridgehead atoms. The molecule has 1 nitrogen and oxygen atoms in total. The molecule has 0 saturated heterocycles. The minimum Gasteiger partial charge on any atom is -0.309 e. The maximum absolute atomic E-state index is 2.52. The lowest BCUT2D eigenvalue weighted by molar-refractivity contribution is 1.20. The first kappa shape index (κ1) is 23.1. The van der Waals surface area contributed by atoms with Gasteiger partial charge in [-0.3, -0.25) is 0 Å². The first-order chi connectivity index (χ1) is 21.9. The van der Waals surface area contributed by atoms with Crippen molar-refractivity contribution in [2.45, 2.75) is 0 Å². The van der Waals surface area contributed by atoms with Crippen molar-refractivity contribution < 1.29 is 0 Å². The highest BCUT2D eigenvalue weighted by molar-refractivity contribution is 7.27. The Hall–Kier alpha value is -5.44. The van der Waals surface area contributed by atoms with E-state index < -0.39 is 0 Å². The molecule has 0 N–H and O–H groups in total. The fraction of sp³-hybridized carbons (Fsp3) is 0. The zero-order valence-corrected chi connectivity index (χ0v) is 24.5. The fourth-order valence-corrected chi connectivity index (χ4v) is 9.44. The molecule has 2 aromatic heterocycles. The van der Waals surface area contributed by atoms with Gasteiger partial charge in [-0.05, 0) is 62.7 Å². The lowest BCUT2D eigenvalue weighted by atomic mass is 9.94. The molecule has 2 heterocycles. The topological polar surface area (TPSA) is 4.93 Å². The van der Waals surface area contributed by atoms with E-state index in [4.69, 9.17) is 0 Å². The molecule has 8 aromatic carbocycles. The Labute approximate surface area is 256 Å². The van der Waals surface area contributed by atoms with E-state index in [-0.39, 0.29) is 0 Å². The molecular weight excluding hydrogens is 551 g/mol. The highest BCUT2D eigenvalue weighted by Crippen LogP contribution is 2.51.